The molecule has 29 heavy (non-hydrogen) atoms. The number of hydrogen-bond acceptors (Lipinski definition) is 2. The first kappa shape index (κ1) is 21.9. The van der Waals surface area contributed by atoms with Gasteiger partial charge in [-0.1, -0.05) is 64.4 Å². The predicted molar refractivity (Wildman–Crippen MR) is 123 cm³/mol. The fraction of sp³-hybridized carbons (Fsp3) is 0.593. The van der Waals surface area contributed by atoms with Gasteiger partial charge >= 0.3 is 0 Å². The van der Waals surface area contributed by atoms with Crippen molar-refractivity contribution in [2.75, 3.05) is 6.61 Å². The van der Waals surface area contributed by atoms with E-state index in [0.717, 1.165) is 28.8 Å². The molecule has 1 saturated carbocycles. The molecule has 0 bridgehead atoms. The number of aryl methyl sites for hydroxylation is 1. The van der Waals surface area contributed by atoms with Gasteiger partial charge in [-0.05, 0) is 73.9 Å². The molecule has 1 aliphatic rings. The van der Waals surface area contributed by atoms with Crippen LogP contribution in [0.15, 0.2) is 42.6 Å². The van der Waals surface area contributed by atoms with Crippen LogP contribution in [0.2, 0.25) is 0 Å². The Hall–Kier alpha value is -1.83. The summed E-state index contributed by atoms with van der Waals surface area (Å²) in [6.45, 7) is 5.01. The van der Waals surface area contributed by atoms with Gasteiger partial charge in [0.15, 0.2) is 0 Å². The lowest BCUT2D eigenvalue weighted by Crippen LogP contribution is -2.16. The van der Waals surface area contributed by atoms with E-state index in [4.69, 9.17) is 9.72 Å². The summed E-state index contributed by atoms with van der Waals surface area (Å²) in [5, 5.41) is 0. The van der Waals surface area contributed by atoms with Crippen LogP contribution < -0.4 is 4.74 Å². The lowest BCUT2D eigenvalue weighted by molar-refractivity contribution is 0.239. The average molecular weight is 394 g/mol. The van der Waals surface area contributed by atoms with E-state index in [9.17, 15) is 0 Å². The number of aromatic nitrogens is 1. The summed E-state index contributed by atoms with van der Waals surface area (Å²) in [5.74, 6) is 2.83. The van der Waals surface area contributed by atoms with E-state index < -0.39 is 0 Å². The first-order valence-electron chi connectivity index (χ1n) is 12.0. The van der Waals surface area contributed by atoms with Crippen molar-refractivity contribution in [3.8, 4) is 17.0 Å². The molecule has 0 spiro atoms. The number of benzene rings is 1. The van der Waals surface area contributed by atoms with E-state index in [1.807, 2.05) is 19.1 Å². The fourth-order valence-electron chi connectivity index (χ4n) is 4.79. The molecule has 2 nitrogen and oxygen atoms in total. The van der Waals surface area contributed by atoms with Crippen LogP contribution in [0.5, 0.6) is 5.75 Å². The number of hydrogen-bond donors (Lipinski definition) is 0. The summed E-state index contributed by atoms with van der Waals surface area (Å²) in [4.78, 5) is 4.72. The van der Waals surface area contributed by atoms with Gasteiger partial charge in [0, 0.05) is 11.8 Å². The maximum atomic E-state index is 5.52. The highest BCUT2D eigenvalue weighted by Crippen LogP contribution is 2.35. The normalized spacial score (nSPS) is 19.2. The van der Waals surface area contributed by atoms with Crippen LogP contribution >= 0.6 is 0 Å². The van der Waals surface area contributed by atoms with Gasteiger partial charge < -0.3 is 4.74 Å². The number of pyridine rings is 1. The molecule has 0 N–H and O–H groups in total. The maximum absolute atomic E-state index is 5.52. The Morgan fingerprint density at radius 3 is 2.38 bits per heavy atom. The fourth-order valence-corrected chi connectivity index (χ4v) is 4.79. The molecule has 1 aromatic carbocycles. The molecule has 1 aliphatic carbocycles. The van der Waals surface area contributed by atoms with Gasteiger partial charge in [0.2, 0.25) is 0 Å². The highest BCUT2D eigenvalue weighted by atomic mass is 16.5. The SMILES string of the molecule is CCCCCCC1CCCC(CCc2ccc(-c3ccc(OCC)cc3)nc2)C1. The highest BCUT2D eigenvalue weighted by Gasteiger charge is 2.21. The molecule has 0 amide bonds. The van der Waals surface area contributed by atoms with Crippen LogP contribution in [-0.2, 0) is 6.42 Å². The zero-order chi connectivity index (χ0) is 20.3. The number of nitrogens with zero attached hydrogens (tertiary/aromatic N) is 1. The first-order chi connectivity index (χ1) is 14.3. The molecular formula is C27H39NO. The molecule has 0 saturated heterocycles. The van der Waals surface area contributed by atoms with Gasteiger partial charge in [-0.15, -0.1) is 0 Å². The summed E-state index contributed by atoms with van der Waals surface area (Å²) in [6, 6.07) is 12.7. The third kappa shape index (κ3) is 7.17. The van der Waals surface area contributed by atoms with Crippen molar-refractivity contribution >= 4 is 0 Å². The maximum Gasteiger partial charge on any atom is 0.119 e. The molecular weight excluding hydrogens is 354 g/mol. The molecule has 2 atom stereocenters. The van der Waals surface area contributed by atoms with Crippen LogP contribution in [0.3, 0.4) is 0 Å². The van der Waals surface area contributed by atoms with Crippen LogP contribution in [0.4, 0.5) is 0 Å². The first-order valence-corrected chi connectivity index (χ1v) is 12.0. The monoisotopic (exact) mass is 393 g/mol. The Balaban J connectivity index is 1.44. The van der Waals surface area contributed by atoms with Crippen LogP contribution in [0.1, 0.15) is 83.6 Å². The lowest BCUT2D eigenvalue weighted by atomic mass is 9.77. The Morgan fingerprint density at radius 2 is 1.69 bits per heavy atom. The predicted octanol–water partition coefficient (Wildman–Crippen LogP) is 7.86. The van der Waals surface area contributed by atoms with Crippen LogP contribution in [0, 0.1) is 11.8 Å². The zero-order valence-electron chi connectivity index (χ0n) is 18.5. The minimum atomic E-state index is 0.701. The molecule has 0 radical (unpaired) electrons. The van der Waals surface area contributed by atoms with Crippen molar-refractivity contribution in [1.82, 2.24) is 4.98 Å². The minimum absolute atomic E-state index is 0.701. The van der Waals surface area contributed by atoms with E-state index in [-0.39, 0.29) is 0 Å². The van der Waals surface area contributed by atoms with E-state index in [1.54, 1.807) is 0 Å². The van der Waals surface area contributed by atoms with Crippen molar-refractivity contribution < 1.29 is 4.74 Å². The van der Waals surface area contributed by atoms with Gasteiger partial charge in [-0.2, -0.15) is 0 Å². The molecule has 2 heteroatoms. The van der Waals surface area contributed by atoms with E-state index in [1.165, 1.54) is 76.2 Å². The van der Waals surface area contributed by atoms with Gasteiger partial charge in [0.1, 0.15) is 5.75 Å². The van der Waals surface area contributed by atoms with Crippen molar-refractivity contribution in [3.05, 3.63) is 48.2 Å². The van der Waals surface area contributed by atoms with Gasteiger partial charge in [-0.3, -0.25) is 4.98 Å². The highest BCUT2D eigenvalue weighted by molar-refractivity contribution is 5.60. The molecule has 1 aromatic heterocycles. The number of rotatable bonds is 11. The molecule has 0 aliphatic heterocycles. The Bertz CT molecular complexity index is 691. The van der Waals surface area contributed by atoms with Crippen molar-refractivity contribution in [2.45, 2.75) is 84.5 Å². The third-order valence-corrected chi connectivity index (χ3v) is 6.48. The summed E-state index contributed by atoms with van der Waals surface area (Å²) in [6.07, 6.45) is 17.5. The van der Waals surface area contributed by atoms with Crippen LogP contribution in [-0.4, -0.2) is 11.6 Å². The summed E-state index contributed by atoms with van der Waals surface area (Å²) < 4.78 is 5.52. The largest absolute Gasteiger partial charge is 0.494 e. The smallest absolute Gasteiger partial charge is 0.119 e. The van der Waals surface area contributed by atoms with Crippen molar-refractivity contribution in [3.63, 3.8) is 0 Å². The second-order valence-electron chi connectivity index (χ2n) is 8.80. The van der Waals surface area contributed by atoms with E-state index >= 15 is 0 Å². The Labute approximate surface area is 178 Å². The topological polar surface area (TPSA) is 22.1 Å². The van der Waals surface area contributed by atoms with E-state index in [2.05, 4.69) is 37.4 Å². The minimum Gasteiger partial charge on any atom is -0.494 e. The van der Waals surface area contributed by atoms with E-state index in [0.29, 0.717) is 6.61 Å². The molecule has 158 valence electrons. The second kappa shape index (κ2) is 12.0. The molecule has 2 aromatic rings. The Kier molecular flexibility index (Phi) is 9.05. The molecule has 1 heterocycles. The number of ether oxygens (including phenoxy) is 1. The van der Waals surface area contributed by atoms with Gasteiger partial charge in [0.25, 0.3) is 0 Å². The van der Waals surface area contributed by atoms with Gasteiger partial charge in [-0.25, -0.2) is 0 Å². The molecule has 3 rings (SSSR count). The molecule has 1 fully saturated rings. The summed E-state index contributed by atoms with van der Waals surface area (Å²) >= 11 is 0. The lowest BCUT2D eigenvalue weighted by Gasteiger charge is -2.29. The van der Waals surface area contributed by atoms with Crippen molar-refractivity contribution in [2.24, 2.45) is 11.8 Å². The Morgan fingerprint density at radius 1 is 0.897 bits per heavy atom. The standard InChI is InChI=1S/C27H39NO/c1-3-5-6-7-9-22-10-8-11-23(20-22)12-13-24-14-19-27(28-21-24)25-15-17-26(18-16-25)29-4-2/h14-19,21-23H,3-13,20H2,1-2H3. The quantitative estimate of drug-likeness (QED) is 0.362. The second-order valence-corrected chi connectivity index (χ2v) is 8.80. The summed E-state index contributed by atoms with van der Waals surface area (Å²) in [5.41, 5.74) is 3.57. The third-order valence-electron chi connectivity index (χ3n) is 6.48. The number of unbranched alkanes of at least 4 members (excludes halogenated alkanes) is 3. The van der Waals surface area contributed by atoms with Crippen molar-refractivity contribution in [1.29, 1.82) is 0 Å². The zero-order valence-corrected chi connectivity index (χ0v) is 18.5. The average Bonchev–Trinajstić information content (AvgIpc) is 2.77. The van der Waals surface area contributed by atoms with Gasteiger partial charge in [0.05, 0.1) is 12.3 Å². The molecule has 2 unspecified atom stereocenters. The van der Waals surface area contributed by atoms with Crippen LogP contribution in [0.25, 0.3) is 11.3 Å². The summed E-state index contributed by atoms with van der Waals surface area (Å²) in [7, 11) is 0.